The van der Waals surface area contributed by atoms with Crippen LogP contribution in [0.25, 0.3) is 0 Å². The molecule has 1 amide bonds. The molecule has 2 fully saturated rings. The molecule has 186 valence electrons. The summed E-state index contributed by atoms with van der Waals surface area (Å²) in [5.41, 5.74) is 2.11. The van der Waals surface area contributed by atoms with Gasteiger partial charge in [-0.1, -0.05) is 11.6 Å². The summed E-state index contributed by atoms with van der Waals surface area (Å²) in [6.07, 6.45) is 3.25. The number of thiocarbonyl (C=S) groups is 1. The van der Waals surface area contributed by atoms with Gasteiger partial charge in [-0.3, -0.25) is 20.2 Å². The highest BCUT2D eigenvalue weighted by atomic mass is 35.5. The van der Waals surface area contributed by atoms with E-state index in [9.17, 15) is 14.9 Å². The lowest BCUT2D eigenvalue weighted by molar-refractivity contribution is -0.384. The molecular weight excluding hydrogens is 490 g/mol. The Morgan fingerprint density at radius 2 is 1.74 bits per heavy atom. The van der Waals surface area contributed by atoms with E-state index < -0.39 is 0 Å². The van der Waals surface area contributed by atoms with E-state index in [4.69, 9.17) is 28.6 Å². The predicted octanol–water partition coefficient (Wildman–Crippen LogP) is 4.08. The van der Waals surface area contributed by atoms with Crippen molar-refractivity contribution in [3.05, 3.63) is 57.1 Å². The zero-order valence-electron chi connectivity index (χ0n) is 19.5. The van der Waals surface area contributed by atoms with Crippen LogP contribution in [0.1, 0.15) is 29.6 Å². The summed E-state index contributed by atoms with van der Waals surface area (Å²) >= 11 is 11.5. The van der Waals surface area contributed by atoms with Crippen molar-refractivity contribution in [2.24, 2.45) is 0 Å². The molecule has 11 heteroatoms. The van der Waals surface area contributed by atoms with Gasteiger partial charge in [-0.05, 0) is 61.8 Å². The van der Waals surface area contributed by atoms with Gasteiger partial charge in [-0.25, -0.2) is 0 Å². The molecule has 2 aliphatic heterocycles. The third kappa shape index (κ3) is 5.76. The standard InChI is InChI=1S/C24H28ClN5O4S/c1-34-22-8-5-17(25)15-19(22)23(31)26-24(35)29-13-11-27(12-14-29)18-6-7-20(30(32)33)21(16-18)28-9-3-2-4-10-28/h5-8,15-16H,2-4,9-14H2,1H3,(H,26,31,35). The van der Waals surface area contributed by atoms with Crippen molar-refractivity contribution < 1.29 is 14.5 Å². The SMILES string of the molecule is COc1ccc(Cl)cc1C(=O)NC(=S)N1CCN(c2ccc([N+](=O)[O-])c(N3CCCCC3)c2)CC1. The summed E-state index contributed by atoms with van der Waals surface area (Å²) < 4.78 is 5.26. The van der Waals surface area contributed by atoms with Gasteiger partial charge in [-0.15, -0.1) is 0 Å². The van der Waals surface area contributed by atoms with Crippen molar-refractivity contribution in [1.29, 1.82) is 0 Å². The normalized spacial score (nSPS) is 16.1. The number of piperidine rings is 1. The van der Waals surface area contributed by atoms with E-state index >= 15 is 0 Å². The first-order valence-corrected chi connectivity index (χ1v) is 12.4. The number of nitro benzene ring substituents is 1. The van der Waals surface area contributed by atoms with E-state index in [0.717, 1.165) is 38.0 Å². The number of anilines is 2. The maximum Gasteiger partial charge on any atom is 0.292 e. The molecule has 35 heavy (non-hydrogen) atoms. The number of carbonyl (C=O) groups is 1. The Hall–Kier alpha value is -3.11. The van der Waals surface area contributed by atoms with Gasteiger partial charge < -0.3 is 19.4 Å². The van der Waals surface area contributed by atoms with Crippen molar-refractivity contribution in [1.82, 2.24) is 10.2 Å². The lowest BCUT2D eigenvalue weighted by atomic mass is 10.1. The fourth-order valence-electron chi connectivity index (χ4n) is 4.52. The monoisotopic (exact) mass is 517 g/mol. The fourth-order valence-corrected chi connectivity index (χ4v) is 4.97. The van der Waals surface area contributed by atoms with Gasteiger partial charge in [0, 0.05) is 56.0 Å². The van der Waals surface area contributed by atoms with Gasteiger partial charge in [0.25, 0.3) is 11.6 Å². The number of methoxy groups -OCH3 is 1. The van der Waals surface area contributed by atoms with Crippen LogP contribution in [0.3, 0.4) is 0 Å². The summed E-state index contributed by atoms with van der Waals surface area (Å²) in [7, 11) is 1.49. The molecule has 0 bridgehead atoms. The van der Waals surface area contributed by atoms with Gasteiger partial charge >= 0.3 is 0 Å². The molecular formula is C24H28ClN5O4S. The lowest BCUT2D eigenvalue weighted by Gasteiger charge is -2.37. The highest BCUT2D eigenvalue weighted by Crippen LogP contribution is 2.34. The quantitative estimate of drug-likeness (QED) is 0.360. The van der Waals surface area contributed by atoms with Crippen molar-refractivity contribution in [2.75, 3.05) is 56.2 Å². The van der Waals surface area contributed by atoms with Crippen molar-refractivity contribution in [3.8, 4) is 5.75 Å². The van der Waals surface area contributed by atoms with E-state index in [1.807, 2.05) is 17.0 Å². The van der Waals surface area contributed by atoms with Crippen LogP contribution in [0.2, 0.25) is 5.02 Å². The Kier molecular flexibility index (Phi) is 7.92. The molecule has 1 N–H and O–H groups in total. The Labute approximate surface area is 214 Å². The largest absolute Gasteiger partial charge is 0.496 e. The minimum absolute atomic E-state index is 0.148. The second-order valence-electron chi connectivity index (χ2n) is 8.56. The van der Waals surface area contributed by atoms with Crippen LogP contribution in [0.15, 0.2) is 36.4 Å². The number of amides is 1. The highest BCUT2D eigenvalue weighted by molar-refractivity contribution is 7.80. The number of hydrogen-bond donors (Lipinski definition) is 1. The summed E-state index contributed by atoms with van der Waals surface area (Å²) in [5.74, 6) is 0.0421. The maximum atomic E-state index is 12.8. The number of rotatable bonds is 5. The fraction of sp³-hybridized carbons (Fsp3) is 0.417. The van der Waals surface area contributed by atoms with Crippen LogP contribution in [-0.4, -0.2) is 67.2 Å². The lowest BCUT2D eigenvalue weighted by Crippen LogP contribution is -2.52. The van der Waals surface area contributed by atoms with Gasteiger partial charge in [-0.2, -0.15) is 0 Å². The molecule has 0 radical (unpaired) electrons. The first-order chi connectivity index (χ1) is 16.9. The summed E-state index contributed by atoms with van der Waals surface area (Å²) in [6.45, 7) is 4.25. The van der Waals surface area contributed by atoms with E-state index in [-0.39, 0.29) is 16.5 Å². The topological polar surface area (TPSA) is 91.2 Å². The Bertz CT molecular complexity index is 1120. The predicted molar refractivity (Wildman–Crippen MR) is 141 cm³/mol. The third-order valence-corrected chi connectivity index (χ3v) is 7.01. The molecule has 9 nitrogen and oxygen atoms in total. The highest BCUT2D eigenvalue weighted by Gasteiger charge is 2.26. The van der Waals surface area contributed by atoms with Gasteiger partial charge in [0.15, 0.2) is 5.11 Å². The molecule has 2 heterocycles. The Morgan fingerprint density at radius 3 is 2.40 bits per heavy atom. The van der Waals surface area contributed by atoms with Gasteiger partial charge in [0.2, 0.25) is 0 Å². The van der Waals surface area contributed by atoms with Crippen LogP contribution in [0.4, 0.5) is 17.1 Å². The number of hydrogen-bond acceptors (Lipinski definition) is 7. The minimum Gasteiger partial charge on any atom is -0.496 e. The number of benzene rings is 2. The maximum absolute atomic E-state index is 12.8. The number of nitro groups is 1. The first kappa shape index (κ1) is 25.0. The van der Waals surface area contributed by atoms with E-state index in [1.54, 1.807) is 24.3 Å². The molecule has 4 rings (SSSR count). The smallest absolute Gasteiger partial charge is 0.292 e. The van der Waals surface area contributed by atoms with Crippen LogP contribution < -0.4 is 19.9 Å². The van der Waals surface area contributed by atoms with E-state index in [1.165, 1.54) is 7.11 Å². The van der Waals surface area contributed by atoms with Gasteiger partial charge in [0.1, 0.15) is 11.4 Å². The zero-order valence-corrected chi connectivity index (χ0v) is 21.1. The number of carbonyl (C=O) groups excluding carboxylic acids is 1. The van der Waals surface area contributed by atoms with Gasteiger partial charge in [0.05, 0.1) is 17.6 Å². The second kappa shape index (κ2) is 11.1. The number of halogens is 1. The Morgan fingerprint density at radius 1 is 1.03 bits per heavy atom. The average molecular weight is 518 g/mol. The minimum atomic E-state index is -0.377. The Balaban J connectivity index is 1.40. The summed E-state index contributed by atoms with van der Waals surface area (Å²) in [5, 5.41) is 15.2. The molecule has 2 aromatic carbocycles. The average Bonchev–Trinajstić information content (AvgIpc) is 2.88. The number of piperazine rings is 1. The molecule has 2 aromatic rings. The molecule has 0 atom stereocenters. The third-order valence-electron chi connectivity index (χ3n) is 6.41. The number of nitrogens with one attached hydrogen (secondary N) is 1. The van der Waals surface area contributed by atoms with Crippen molar-refractivity contribution in [3.63, 3.8) is 0 Å². The first-order valence-electron chi connectivity index (χ1n) is 11.6. The molecule has 0 unspecified atom stereocenters. The van der Waals surface area contributed by atoms with Crippen LogP contribution in [0, 0.1) is 10.1 Å². The molecule has 0 spiro atoms. The zero-order chi connectivity index (χ0) is 24.9. The number of nitrogens with zero attached hydrogens (tertiary/aromatic N) is 4. The molecule has 0 saturated carbocycles. The van der Waals surface area contributed by atoms with Crippen molar-refractivity contribution in [2.45, 2.75) is 19.3 Å². The molecule has 0 aliphatic carbocycles. The number of ether oxygens (including phenoxy) is 1. The molecule has 2 aliphatic rings. The van der Waals surface area contributed by atoms with Crippen molar-refractivity contribution >= 4 is 51.9 Å². The van der Waals surface area contributed by atoms with Crippen LogP contribution in [0.5, 0.6) is 5.75 Å². The summed E-state index contributed by atoms with van der Waals surface area (Å²) in [6, 6.07) is 10.2. The van der Waals surface area contributed by atoms with E-state index in [0.29, 0.717) is 53.3 Å². The molecule has 0 aromatic heterocycles. The van der Waals surface area contributed by atoms with Crippen LogP contribution in [-0.2, 0) is 0 Å². The summed E-state index contributed by atoms with van der Waals surface area (Å²) in [4.78, 5) is 30.3. The molecule has 2 saturated heterocycles. The van der Waals surface area contributed by atoms with E-state index in [2.05, 4.69) is 15.1 Å². The van der Waals surface area contributed by atoms with Crippen LogP contribution >= 0.6 is 23.8 Å². The second-order valence-corrected chi connectivity index (χ2v) is 9.38.